The summed E-state index contributed by atoms with van der Waals surface area (Å²) >= 11 is 0. The van der Waals surface area contributed by atoms with Gasteiger partial charge >= 0.3 is 0 Å². The standard InChI is InChI=1S/C12H18F2N2O/c1-8-10(9(2)17-16-8)11(7-15)3-5-12(13,14)6-4-11/h3-7,15H2,1-2H3. The fourth-order valence-electron chi connectivity index (χ4n) is 2.89. The molecule has 3 nitrogen and oxygen atoms in total. The number of nitrogens with two attached hydrogens (primary N) is 1. The third kappa shape index (κ3) is 2.08. The number of halogens is 2. The molecule has 96 valence electrons. The van der Waals surface area contributed by atoms with E-state index in [0.29, 0.717) is 25.1 Å². The quantitative estimate of drug-likeness (QED) is 0.870. The Morgan fingerprint density at radius 1 is 1.24 bits per heavy atom. The molecule has 2 N–H and O–H groups in total. The lowest BCUT2D eigenvalue weighted by Gasteiger charge is -2.39. The van der Waals surface area contributed by atoms with Crippen molar-refractivity contribution in [2.24, 2.45) is 5.73 Å². The van der Waals surface area contributed by atoms with Crippen LogP contribution in [0.4, 0.5) is 8.78 Å². The lowest BCUT2D eigenvalue weighted by molar-refractivity contribution is -0.0511. The van der Waals surface area contributed by atoms with Gasteiger partial charge in [0.05, 0.1) is 5.69 Å². The lowest BCUT2D eigenvalue weighted by atomic mass is 9.68. The number of hydrogen-bond acceptors (Lipinski definition) is 3. The van der Waals surface area contributed by atoms with Crippen molar-refractivity contribution in [1.82, 2.24) is 5.16 Å². The molecule has 1 saturated carbocycles. The maximum atomic E-state index is 13.2. The smallest absolute Gasteiger partial charge is 0.248 e. The summed E-state index contributed by atoms with van der Waals surface area (Å²) in [6.45, 7) is 4.03. The lowest BCUT2D eigenvalue weighted by Crippen LogP contribution is -2.42. The Labute approximate surface area is 99.3 Å². The van der Waals surface area contributed by atoms with Gasteiger partial charge in [0.2, 0.25) is 5.92 Å². The topological polar surface area (TPSA) is 52.0 Å². The molecule has 1 aromatic heterocycles. The second kappa shape index (κ2) is 4.05. The molecule has 5 heteroatoms. The predicted octanol–water partition coefficient (Wildman–Crippen LogP) is 2.70. The van der Waals surface area contributed by atoms with E-state index in [1.807, 2.05) is 13.8 Å². The molecular formula is C12H18F2N2O. The molecule has 17 heavy (non-hydrogen) atoms. The Balaban J connectivity index is 2.34. The van der Waals surface area contributed by atoms with Crippen molar-refractivity contribution >= 4 is 0 Å². The summed E-state index contributed by atoms with van der Waals surface area (Å²) in [7, 11) is 0. The second-order valence-electron chi connectivity index (χ2n) is 5.04. The number of aryl methyl sites for hydroxylation is 2. The highest BCUT2D eigenvalue weighted by molar-refractivity contribution is 5.32. The Bertz CT molecular complexity index is 385. The molecule has 0 aliphatic heterocycles. The minimum atomic E-state index is -2.54. The summed E-state index contributed by atoms with van der Waals surface area (Å²) in [4.78, 5) is 0. The second-order valence-corrected chi connectivity index (χ2v) is 5.04. The molecule has 1 aromatic rings. The zero-order chi connectivity index (χ0) is 12.7. The van der Waals surface area contributed by atoms with Crippen LogP contribution in [0.15, 0.2) is 4.52 Å². The summed E-state index contributed by atoms with van der Waals surface area (Å²) in [5.74, 6) is -1.84. The zero-order valence-corrected chi connectivity index (χ0v) is 10.2. The summed E-state index contributed by atoms with van der Waals surface area (Å²) in [6, 6.07) is 0. The first-order valence-corrected chi connectivity index (χ1v) is 5.91. The minimum Gasteiger partial charge on any atom is -0.361 e. The fraction of sp³-hybridized carbons (Fsp3) is 0.750. The van der Waals surface area contributed by atoms with Crippen molar-refractivity contribution < 1.29 is 13.3 Å². The van der Waals surface area contributed by atoms with Crippen LogP contribution in [0.3, 0.4) is 0 Å². The van der Waals surface area contributed by atoms with E-state index in [1.54, 1.807) is 0 Å². The van der Waals surface area contributed by atoms with Crippen LogP contribution in [0.25, 0.3) is 0 Å². The third-order valence-corrected chi connectivity index (χ3v) is 3.89. The van der Waals surface area contributed by atoms with E-state index >= 15 is 0 Å². The fourth-order valence-corrected chi connectivity index (χ4v) is 2.89. The van der Waals surface area contributed by atoms with Gasteiger partial charge in [0, 0.05) is 30.4 Å². The zero-order valence-electron chi connectivity index (χ0n) is 10.2. The first-order chi connectivity index (χ1) is 7.90. The van der Waals surface area contributed by atoms with E-state index in [2.05, 4.69) is 5.16 Å². The minimum absolute atomic E-state index is 0.103. The molecule has 0 amide bonds. The summed E-state index contributed by atoms with van der Waals surface area (Å²) < 4.78 is 31.6. The monoisotopic (exact) mass is 244 g/mol. The molecule has 0 bridgehead atoms. The molecule has 1 aliphatic rings. The van der Waals surface area contributed by atoms with E-state index in [1.165, 1.54) is 0 Å². The molecule has 1 aliphatic carbocycles. The number of hydrogen-bond donors (Lipinski definition) is 1. The molecular weight excluding hydrogens is 226 g/mol. The van der Waals surface area contributed by atoms with Gasteiger partial charge in [0.1, 0.15) is 5.76 Å². The Kier molecular flexibility index (Phi) is 2.97. The Morgan fingerprint density at radius 2 is 1.82 bits per heavy atom. The van der Waals surface area contributed by atoms with E-state index in [-0.39, 0.29) is 18.3 Å². The van der Waals surface area contributed by atoms with Crippen LogP contribution in [0.5, 0.6) is 0 Å². The summed E-state index contributed by atoms with van der Waals surface area (Å²) in [6.07, 6.45) is 0.599. The molecule has 1 fully saturated rings. The Morgan fingerprint density at radius 3 is 2.24 bits per heavy atom. The molecule has 0 aromatic carbocycles. The molecule has 1 heterocycles. The van der Waals surface area contributed by atoms with Crippen molar-refractivity contribution in [3.05, 3.63) is 17.0 Å². The van der Waals surface area contributed by atoms with E-state index in [0.717, 1.165) is 11.3 Å². The summed E-state index contributed by atoms with van der Waals surface area (Å²) in [5, 5.41) is 3.90. The first-order valence-electron chi connectivity index (χ1n) is 5.91. The van der Waals surface area contributed by atoms with Crippen molar-refractivity contribution in [1.29, 1.82) is 0 Å². The molecule has 0 saturated heterocycles. The van der Waals surface area contributed by atoms with Crippen molar-refractivity contribution in [3.8, 4) is 0 Å². The average molecular weight is 244 g/mol. The van der Waals surface area contributed by atoms with Crippen molar-refractivity contribution in [2.75, 3.05) is 6.54 Å². The van der Waals surface area contributed by atoms with Crippen LogP contribution in [0.2, 0.25) is 0 Å². The molecule has 0 unspecified atom stereocenters. The van der Waals surface area contributed by atoms with Crippen LogP contribution in [0.1, 0.15) is 42.7 Å². The maximum Gasteiger partial charge on any atom is 0.248 e. The van der Waals surface area contributed by atoms with E-state index < -0.39 is 5.92 Å². The Hall–Kier alpha value is -0.970. The van der Waals surface area contributed by atoms with Crippen LogP contribution >= 0.6 is 0 Å². The van der Waals surface area contributed by atoms with Gasteiger partial charge in [-0.15, -0.1) is 0 Å². The number of nitrogens with zero attached hydrogens (tertiary/aromatic N) is 1. The van der Waals surface area contributed by atoms with Gasteiger partial charge in [0.25, 0.3) is 0 Å². The van der Waals surface area contributed by atoms with E-state index in [9.17, 15) is 8.78 Å². The first kappa shape index (κ1) is 12.5. The van der Waals surface area contributed by atoms with Gasteiger partial charge < -0.3 is 10.3 Å². The highest BCUT2D eigenvalue weighted by atomic mass is 19.3. The van der Waals surface area contributed by atoms with E-state index in [4.69, 9.17) is 10.3 Å². The molecule has 2 rings (SSSR count). The third-order valence-electron chi connectivity index (χ3n) is 3.89. The van der Waals surface area contributed by atoms with Gasteiger partial charge in [-0.05, 0) is 26.7 Å². The maximum absolute atomic E-state index is 13.2. The van der Waals surface area contributed by atoms with Crippen molar-refractivity contribution in [2.45, 2.75) is 50.9 Å². The van der Waals surface area contributed by atoms with Gasteiger partial charge in [-0.25, -0.2) is 8.78 Å². The SMILES string of the molecule is Cc1noc(C)c1C1(CN)CCC(F)(F)CC1. The average Bonchev–Trinajstić information content (AvgIpc) is 2.61. The van der Waals surface area contributed by atoms with Crippen molar-refractivity contribution in [3.63, 3.8) is 0 Å². The van der Waals surface area contributed by atoms with Crippen LogP contribution < -0.4 is 5.73 Å². The number of alkyl halides is 2. The van der Waals surface area contributed by atoms with Crippen LogP contribution in [-0.4, -0.2) is 17.6 Å². The number of aromatic nitrogens is 1. The van der Waals surface area contributed by atoms with Gasteiger partial charge in [-0.2, -0.15) is 0 Å². The number of rotatable bonds is 2. The van der Waals surface area contributed by atoms with Gasteiger partial charge in [-0.1, -0.05) is 5.16 Å². The van der Waals surface area contributed by atoms with Gasteiger partial charge in [-0.3, -0.25) is 0 Å². The largest absolute Gasteiger partial charge is 0.361 e. The molecule has 0 atom stereocenters. The normalized spacial score (nSPS) is 22.6. The van der Waals surface area contributed by atoms with Gasteiger partial charge in [0.15, 0.2) is 0 Å². The van der Waals surface area contributed by atoms with Crippen LogP contribution in [-0.2, 0) is 5.41 Å². The predicted molar refractivity (Wildman–Crippen MR) is 60.1 cm³/mol. The highest BCUT2D eigenvalue weighted by Gasteiger charge is 2.45. The molecule has 0 radical (unpaired) electrons. The highest BCUT2D eigenvalue weighted by Crippen LogP contribution is 2.46. The summed E-state index contributed by atoms with van der Waals surface area (Å²) in [5.41, 5.74) is 7.18. The molecule has 0 spiro atoms. The van der Waals surface area contributed by atoms with Crippen LogP contribution in [0, 0.1) is 13.8 Å².